The number of hydrogen-bond donors (Lipinski definition) is 2. The van der Waals surface area contributed by atoms with Crippen LogP contribution >= 0.6 is 0 Å². The molecule has 0 radical (unpaired) electrons. The van der Waals surface area contributed by atoms with Gasteiger partial charge in [-0.3, -0.25) is 9.97 Å². The van der Waals surface area contributed by atoms with Crippen molar-refractivity contribution in [2.24, 2.45) is 0 Å². The van der Waals surface area contributed by atoms with Gasteiger partial charge in [-0.2, -0.15) is 10.4 Å². The first kappa shape index (κ1) is 19.1. The van der Waals surface area contributed by atoms with Crippen LogP contribution in [0.25, 0.3) is 27.8 Å². The Labute approximate surface area is 186 Å². The van der Waals surface area contributed by atoms with Crippen molar-refractivity contribution in [2.45, 2.75) is 31.3 Å². The number of hydrogen-bond acceptors (Lipinski definition) is 6. The summed E-state index contributed by atoms with van der Waals surface area (Å²) in [5, 5.41) is 21.4. The summed E-state index contributed by atoms with van der Waals surface area (Å²) in [7, 11) is 0. The van der Waals surface area contributed by atoms with Crippen LogP contribution in [0.2, 0.25) is 0 Å². The number of aryl methyl sites for hydroxylation is 1. The van der Waals surface area contributed by atoms with Crippen LogP contribution in [-0.4, -0.2) is 38.7 Å². The highest BCUT2D eigenvalue weighted by Crippen LogP contribution is 2.36. The lowest BCUT2D eigenvalue weighted by Gasteiger charge is -2.34. The van der Waals surface area contributed by atoms with E-state index in [0.29, 0.717) is 11.6 Å². The second-order valence-corrected chi connectivity index (χ2v) is 8.82. The lowest BCUT2D eigenvalue weighted by atomic mass is 9.91. The van der Waals surface area contributed by atoms with Gasteiger partial charge in [0, 0.05) is 60.1 Å². The maximum Gasteiger partial charge on any atom is 0.103 e. The first-order valence-electron chi connectivity index (χ1n) is 11.0. The number of fused-ring (bicyclic) bond motifs is 3. The molecule has 0 aromatic carbocycles. The molecule has 0 aliphatic carbocycles. The fourth-order valence-corrected chi connectivity index (χ4v) is 5.14. The third-order valence-electron chi connectivity index (χ3n) is 6.74. The number of aromatic nitrogens is 4. The van der Waals surface area contributed by atoms with Crippen molar-refractivity contribution in [3.05, 3.63) is 72.1 Å². The topological polar surface area (TPSA) is 90.9 Å². The number of nitrogens with one attached hydrogen (secondary N) is 2. The van der Waals surface area contributed by atoms with Gasteiger partial charge in [-0.15, -0.1) is 0 Å². The Balaban J connectivity index is 1.48. The van der Waals surface area contributed by atoms with E-state index in [1.54, 1.807) is 10.7 Å². The molecule has 2 atom stereocenters. The number of pyridine rings is 3. The molecule has 0 spiro atoms. The molecule has 4 aromatic rings. The lowest BCUT2D eigenvalue weighted by Crippen LogP contribution is -2.56. The molecule has 2 unspecified atom stereocenters. The predicted octanol–water partition coefficient (Wildman–Crippen LogP) is 3.19. The summed E-state index contributed by atoms with van der Waals surface area (Å²) in [6.07, 6.45) is 9.60. The molecule has 4 aromatic heterocycles. The zero-order chi connectivity index (χ0) is 21.7. The summed E-state index contributed by atoms with van der Waals surface area (Å²) in [6, 6.07) is 13.2. The van der Waals surface area contributed by atoms with Crippen LogP contribution in [-0.2, 0) is 5.54 Å². The maximum atomic E-state index is 9.66. The van der Waals surface area contributed by atoms with Crippen LogP contribution in [0, 0.1) is 18.3 Å². The van der Waals surface area contributed by atoms with Gasteiger partial charge < -0.3 is 10.6 Å². The minimum Gasteiger partial charge on any atom is -0.313 e. The average molecular weight is 422 g/mol. The first-order valence-corrected chi connectivity index (χ1v) is 11.0. The SMILES string of the molecule is Cc1cc(-c2cc(-c3ccc(C45CCC(CNC4)N5)nc3)c3c(C#N)cnn3c2)ccn1. The molecule has 7 heteroatoms. The lowest BCUT2D eigenvalue weighted by molar-refractivity contribution is 0.293. The Morgan fingerprint density at radius 3 is 2.88 bits per heavy atom. The molecule has 6 rings (SSSR count). The van der Waals surface area contributed by atoms with Crippen molar-refractivity contribution >= 4 is 5.52 Å². The van der Waals surface area contributed by atoms with Gasteiger partial charge in [0.05, 0.1) is 28.5 Å². The summed E-state index contributed by atoms with van der Waals surface area (Å²) in [6.45, 7) is 3.91. The Morgan fingerprint density at radius 1 is 1.12 bits per heavy atom. The summed E-state index contributed by atoms with van der Waals surface area (Å²) in [4.78, 5) is 9.20. The van der Waals surface area contributed by atoms with E-state index in [4.69, 9.17) is 4.98 Å². The molecule has 7 nitrogen and oxygen atoms in total. The van der Waals surface area contributed by atoms with E-state index < -0.39 is 0 Å². The molecule has 158 valence electrons. The Hall–Kier alpha value is -3.60. The van der Waals surface area contributed by atoms with Gasteiger partial charge in [0.15, 0.2) is 0 Å². The van der Waals surface area contributed by atoms with E-state index in [-0.39, 0.29) is 5.54 Å². The van der Waals surface area contributed by atoms with Crippen molar-refractivity contribution in [3.8, 4) is 28.3 Å². The molecule has 6 heterocycles. The van der Waals surface area contributed by atoms with Crippen molar-refractivity contribution in [1.82, 2.24) is 30.2 Å². The van der Waals surface area contributed by atoms with Crippen molar-refractivity contribution in [2.75, 3.05) is 13.1 Å². The number of nitriles is 1. The van der Waals surface area contributed by atoms with Crippen LogP contribution < -0.4 is 10.6 Å². The van der Waals surface area contributed by atoms with Gasteiger partial charge in [-0.1, -0.05) is 6.07 Å². The van der Waals surface area contributed by atoms with Crippen LogP contribution in [0.1, 0.15) is 29.8 Å². The van der Waals surface area contributed by atoms with E-state index >= 15 is 0 Å². The highest BCUT2D eigenvalue weighted by Gasteiger charge is 2.43. The summed E-state index contributed by atoms with van der Waals surface area (Å²) >= 11 is 0. The van der Waals surface area contributed by atoms with Crippen LogP contribution in [0.3, 0.4) is 0 Å². The fraction of sp³-hybridized carbons (Fsp3) is 0.280. The second-order valence-electron chi connectivity index (χ2n) is 8.82. The number of rotatable bonds is 3. The molecule has 0 amide bonds. The second kappa shape index (κ2) is 7.23. The summed E-state index contributed by atoms with van der Waals surface area (Å²) in [5.41, 5.74) is 7.29. The van der Waals surface area contributed by atoms with Crippen LogP contribution in [0.4, 0.5) is 0 Å². The molecular formula is C25H23N7. The van der Waals surface area contributed by atoms with Gasteiger partial charge in [0.1, 0.15) is 6.07 Å². The van der Waals surface area contributed by atoms with Crippen molar-refractivity contribution in [3.63, 3.8) is 0 Å². The first-order chi connectivity index (χ1) is 15.6. The monoisotopic (exact) mass is 421 g/mol. The van der Waals surface area contributed by atoms with Crippen LogP contribution in [0.15, 0.2) is 55.1 Å². The third-order valence-corrected chi connectivity index (χ3v) is 6.74. The predicted molar refractivity (Wildman–Crippen MR) is 122 cm³/mol. The average Bonchev–Trinajstić information content (AvgIpc) is 3.39. The normalized spacial score (nSPS) is 22.2. The minimum atomic E-state index is -0.0817. The molecule has 2 aliphatic heterocycles. The van der Waals surface area contributed by atoms with Crippen molar-refractivity contribution < 1.29 is 0 Å². The van der Waals surface area contributed by atoms with E-state index in [1.807, 2.05) is 31.6 Å². The zero-order valence-electron chi connectivity index (χ0n) is 17.8. The van der Waals surface area contributed by atoms with E-state index in [1.165, 1.54) is 6.42 Å². The van der Waals surface area contributed by atoms with Gasteiger partial charge >= 0.3 is 0 Å². The molecular weight excluding hydrogens is 398 g/mol. The molecule has 0 saturated carbocycles. The van der Waals surface area contributed by atoms with E-state index in [9.17, 15) is 5.26 Å². The Kier molecular flexibility index (Phi) is 4.32. The van der Waals surface area contributed by atoms with Crippen molar-refractivity contribution in [1.29, 1.82) is 5.26 Å². The van der Waals surface area contributed by atoms with Gasteiger partial charge in [-0.25, -0.2) is 4.52 Å². The highest BCUT2D eigenvalue weighted by molar-refractivity contribution is 5.87. The molecule has 32 heavy (non-hydrogen) atoms. The number of piperazine rings is 1. The largest absolute Gasteiger partial charge is 0.313 e. The highest BCUT2D eigenvalue weighted by atomic mass is 15.2. The Bertz CT molecular complexity index is 1360. The zero-order valence-corrected chi connectivity index (χ0v) is 17.8. The molecule has 2 saturated heterocycles. The van der Waals surface area contributed by atoms with E-state index in [2.05, 4.69) is 51.1 Å². The molecule has 2 bridgehead atoms. The van der Waals surface area contributed by atoms with Gasteiger partial charge in [-0.05, 0) is 49.6 Å². The fourth-order valence-electron chi connectivity index (χ4n) is 5.14. The van der Waals surface area contributed by atoms with Gasteiger partial charge in [0.25, 0.3) is 0 Å². The minimum absolute atomic E-state index is 0.0817. The molecule has 2 fully saturated rings. The maximum absolute atomic E-state index is 9.66. The summed E-state index contributed by atoms with van der Waals surface area (Å²) < 4.78 is 1.79. The number of nitrogens with zero attached hydrogens (tertiary/aromatic N) is 5. The standard InChI is InChI=1S/C25H23N7/c1-16-8-17(5-7-28-16)19-9-22(24-20(10-26)12-30-32(24)14-19)18-2-3-23(29-11-18)25-6-4-21(31-25)13-27-15-25/h2-3,5,7-9,11-12,14,21,27,31H,4,6,13,15H2,1H3. The van der Waals surface area contributed by atoms with E-state index in [0.717, 1.165) is 58.7 Å². The Morgan fingerprint density at radius 2 is 2.06 bits per heavy atom. The molecule has 2 aliphatic rings. The van der Waals surface area contributed by atoms with Gasteiger partial charge in [0.2, 0.25) is 0 Å². The quantitative estimate of drug-likeness (QED) is 0.528. The third kappa shape index (κ3) is 3.00. The van der Waals surface area contributed by atoms with Crippen LogP contribution in [0.5, 0.6) is 0 Å². The summed E-state index contributed by atoms with van der Waals surface area (Å²) in [5.74, 6) is 0. The molecule has 2 N–H and O–H groups in total. The smallest absolute Gasteiger partial charge is 0.103 e.